The Kier molecular flexibility index (Phi) is 3.88. The summed E-state index contributed by atoms with van der Waals surface area (Å²) in [5.41, 5.74) is 5.33. The van der Waals surface area contributed by atoms with Gasteiger partial charge in [-0.05, 0) is 43.3 Å². The lowest BCUT2D eigenvalue weighted by molar-refractivity contribution is 0.647. The van der Waals surface area contributed by atoms with Gasteiger partial charge in [0, 0.05) is 31.9 Å². The molecular formula is C19H22N4S. The Morgan fingerprint density at radius 2 is 1.67 bits per heavy atom. The molecule has 1 aliphatic heterocycles. The van der Waals surface area contributed by atoms with Gasteiger partial charge in [-0.2, -0.15) is 0 Å². The molecule has 1 fully saturated rings. The van der Waals surface area contributed by atoms with Gasteiger partial charge < -0.3 is 9.80 Å². The van der Waals surface area contributed by atoms with Gasteiger partial charge >= 0.3 is 0 Å². The van der Waals surface area contributed by atoms with E-state index < -0.39 is 0 Å². The van der Waals surface area contributed by atoms with Gasteiger partial charge in [-0.3, -0.25) is 0 Å². The number of aryl methyl sites for hydroxylation is 3. The molecule has 0 aliphatic carbocycles. The number of piperazine rings is 1. The lowest BCUT2D eigenvalue weighted by Crippen LogP contribution is -2.47. The molecule has 0 atom stereocenters. The van der Waals surface area contributed by atoms with Crippen LogP contribution in [0.3, 0.4) is 0 Å². The predicted molar refractivity (Wildman–Crippen MR) is 102 cm³/mol. The zero-order chi connectivity index (χ0) is 16.7. The fourth-order valence-electron chi connectivity index (χ4n) is 3.56. The first-order chi connectivity index (χ1) is 11.6. The fraction of sp³-hybridized carbons (Fsp3) is 0.368. The predicted octanol–water partition coefficient (Wildman–Crippen LogP) is 3.94. The van der Waals surface area contributed by atoms with Crippen LogP contribution >= 0.6 is 11.3 Å². The van der Waals surface area contributed by atoms with E-state index in [0.29, 0.717) is 0 Å². The van der Waals surface area contributed by atoms with E-state index in [0.717, 1.165) is 36.8 Å². The molecule has 0 amide bonds. The van der Waals surface area contributed by atoms with Crippen LogP contribution in [0.25, 0.3) is 10.2 Å². The van der Waals surface area contributed by atoms with E-state index in [-0.39, 0.29) is 0 Å². The van der Waals surface area contributed by atoms with Gasteiger partial charge in [0.2, 0.25) is 0 Å². The minimum Gasteiger partial charge on any atom is -0.368 e. The van der Waals surface area contributed by atoms with Gasteiger partial charge in [-0.15, -0.1) is 11.3 Å². The van der Waals surface area contributed by atoms with Gasteiger partial charge in [0.1, 0.15) is 17.0 Å². The fourth-order valence-corrected chi connectivity index (χ4v) is 4.44. The van der Waals surface area contributed by atoms with E-state index in [2.05, 4.69) is 64.1 Å². The molecule has 0 saturated carbocycles. The van der Waals surface area contributed by atoms with Crippen molar-refractivity contribution in [2.75, 3.05) is 36.0 Å². The third kappa shape index (κ3) is 2.63. The highest BCUT2D eigenvalue weighted by Crippen LogP contribution is 2.32. The van der Waals surface area contributed by atoms with Crippen LogP contribution in [0.1, 0.15) is 16.7 Å². The van der Waals surface area contributed by atoms with Gasteiger partial charge in [0.25, 0.3) is 0 Å². The van der Waals surface area contributed by atoms with Gasteiger partial charge in [0.05, 0.1) is 5.39 Å². The Morgan fingerprint density at radius 1 is 0.917 bits per heavy atom. The molecule has 0 radical (unpaired) electrons. The summed E-state index contributed by atoms with van der Waals surface area (Å²) in [7, 11) is 0. The number of benzene rings is 1. The molecule has 1 aromatic carbocycles. The van der Waals surface area contributed by atoms with Crippen LogP contribution in [0.5, 0.6) is 0 Å². The summed E-state index contributed by atoms with van der Waals surface area (Å²) in [5, 5.41) is 3.40. The number of anilines is 2. The van der Waals surface area contributed by atoms with Crippen molar-refractivity contribution in [1.82, 2.24) is 9.97 Å². The SMILES string of the molecule is Cc1ccc(N2CCN(c3ncnc4scc(C)c34)CC2)c(C)c1. The third-order valence-corrected chi connectivity index (χ3v) is 5.81. The molecular weight excluding hydrogens is 316 g/mol. The van der Waals surface area contributed by atoms with Crippen LogP contribution in [-0.4, -0.2) is 36.1 Å². The standard InChI is InChI=1S/C19H22N4S/c1-13-4-5-16(14(2)10-13)22-6-8-23(9-7-22)18-17-15(3)11-24-19(17)21-12-20-18/h4-5,10-12H,6-9H2,1-3H3. The van der Waals surface area contributed by atoms with Crippen molar-refractivity contribution in [3.63, 3.8) is 0 Å². The number of hydrogen-bond donors (Lipinski definition) is 0. The molecule has 3 heterocycles. The second kappa shape index (κ2) is 6.06. The summed E-state index contributed by atoms with van der Waals surface area (Å²) in [6.45, 7) is 10.5. The quantitative estimate of drug-likeness (QED) is 0.708. The van der Waals surface area contributed by atoms with Gasteiger partial charge in [0.15, 0.2) is 0 Å². The van der Waals surface area contributed by atoms with Crippen molar-refractivity contribution < 1.29 is 0 Å². The molecule has 124 valence electrons. The first kappa shape index (κ1) is 15.4. The highest BCUT2D eigenvalue weighted by molar-refractivity contribution is 7.17. The van der Waals surface area contributed by atoms with E-state index in [4.69, 9.17) is 0 Å². The Hall–Kier alpha value is -2.14. The lowest BCUT2D eigenvalue weighted by atomic mass is 10.1. The van der Waals surface area contributed by atoms with Crippen molar-refractivity contribution in [1.29, 1.82) is 0 Å². The largest absolute Gasteiger partial charge is 0.368 e. The summed E-state index contributed by atoms with van der Waals surface area (Å²) in [4.78, 5) is 15.0. The molecule has 24 heavy (non-hydrogen) atoms. The lowest BCUT2D eigenvalue weighted by Gasteiger charge is -2.37. The Labute approximate surface area is 146 Å². The zero-order valence-corrected chi connectivity index (χ0v) is 15.2. The highest BCUT2D eigenvalue weighted by atomic mass is 32.1. The first-order valence-corrected chi connectivity index (χ1v) is 9.27. The molecule has 5 heteroatoms. The highest BCUT2D eigenvalue weighted by Gasteiger charge is 2.22. The van der Waals surface area contributed by atoms with Gasteiger partial charge in [-0.25, -0.2) is 9.97 Å². The Morgan fingerprint density at radius 3 is 2.42 bits per heavy atom. The van der Waals surface area contributed by atoms with Crippen LogP contribution in [0, 0.1) is 20.8 Å². The van der Waals surface area contributed by atoms with E-state index >= 15 is 0 Å². The minimum absolute atomic E-state index is 0.995. The van der Waals surface area contributed by atoms with E-state index in [1.54, 1.807) is 17.7 Å². The number of hydrogen-bond acceptors (Lipinski definition) is 5. The summed E-state index contributed by atoms with van der Waals surface area (Å²) in [6, 6.07) is 6.73. The molecule has 0 N–H and O–H groups in total. The summed E-state index contributed by atoms with van der Waals surface area (Å²) < 4.78 is 0. The van der Waals surface area contributed by atoms with Crippen LogP contribution in [0.15, 0.2) is 29.9 Å². The maximum atomic E-state index is 4.59. The first-order valence-electron chi connectivity index (χ1n) is 8.39. The molecule has 3 aromatic rings. The third-order valence-electron chi connectivity index (χ3n) is 4.81. The monoisotopic (exact) mass is 338 g/mol. The van der Waals surface area contributed by atoms with Crippen molar-refractivity contribution >= 4 is 33.1 Å². The summed E-state index contributed by atoms with van der Waals surface area (Å²) in [5.74, 6) is 1.10. The van der Waals surface area contributed by atoms with Gasteiger partial charge in [-0.1, -0.05) is 17.7 Å². The van der Waals surface area contributed by atoms with Crippen LogP contribution in [0.4, 0.5) is 11.5 Å². The second-order valence-corrected chi connectivity index (χ2v) is 7.42. The molecule has 2 aromatic heterocycles. The Bertz CT molecular complexity index is 878. The van der Waals surface area contributed by atoms with Crippen molar-refractivity contribution in [3.05, 3.63) is 46.6 Å². The maximum absolute atomic E-state index is 4.59. The molecule has 1 saturated heterocycles. The maximum Gasteiger partial charge on any atom is 0.141 e. The average molecular weight is 338 g/mol. The molecule has 0 spiro atoms. The number of fused-ring (bicyclic) bond motifs is 1. The van der Waals surface area contributed by atoms with Crippen molar-refractivity contribution in [2.24, 2.45) is 0 Å². The van der Waals surface area contributed by atoms with E-state index in [1.165, 1.54) is 27.8 Å². The summed E-state index contributed by atoms with van der Waals surface area (Å²) >= 11 is 1.70. The molecule has 0 bridgehead atoms. The topological polar surface area (TPSA) is 32.3 Å². The van der Waals surface area contributed by atoms with Crippen molar-refractivity contribution in [2.45, 2.75) is 20.8 Å². The summed E-state index contributed by atoms with van der Waals surface area (Å²) in [6.07, 6.45) is 1.70. The Balaban J connectivity index is 1.56. The molecule has 4 nitrogen and oxygen atoms in total. The smallest absolute Gasteiger partial charge is 0.141 e. The normalized spacial score (nSPS) is 15.3. The molecule has 1 aliphatic rings. The number of thiophene rings is 1. The number of aromatic nitrogens is 2. The van der Waals surface area contributed by atoms with Crippen LogP contribution in [-0.2, 0) is 0 Å². The average Bonchev–Trinajstić information content (AvgIpc) is 2.97. The van der Waals surface area contributed by atoms with Crippen molar-refractivity contribution in [3.8, 4) is 0 Å². The van der Waals surface area contributed by atoms with E-state index in [9.17, 15) is 0 Å². The van der Waals surface area contributed by atoms with Crippen LogP contribution in [0.2, 0.25) is 0 Å². The minimum atomic E-state index is 0.995. The molecule has 4 rings (SSSR count). The van der Waals surface area contributed by atoms with E-state index in [1.807, 2.05) is 0 Å². The second-order valence-electron chi connectivity index (χ2n) is 6.56. The zero-order valence-electron chi connectivity index (χ0n) is 14.4. The number of rotatable bonds is 2. The number of nitrogens with zero attached hydrogens (tertiary/aromatic N) is 4. The molecule has 0 unspecified atom stereocenters. The van der Waals surface area contributed by atoms with Crippen LogP contribution < -0.4 is 9.80 Å².